The normalized spacial score (nSPS) is 24.6. The van der Waals surface area contributed by atoms with Crippen molar-refractivity contribution >= 4 is 29.0 Å². The molecular weight excluding hydrogens is 276 g/mol. The lowest BCUT2D eigenvalue weighted by molar-refractivity contribution is -0.670. The van der Waals surface area contributed by atoms with Crippen LogP contribution >= 0.6 is 12.2 Å². The van der Waals surface area contributed by atoms with E-state index in [9.17, 15) is 4.79 Å². The van der Waals surface area contributed by atoms with Gasteiger partial charge in [-0.15, -0.1) is 0 Å². The Balaban J connectivity index is 0.000000276. The number of carbonyl (C=O) groups is 1. The Hall–Kier alpha value is -1.58. The van der Waals surface area contributed by atoms with Crippen LogP contribution in [0.2, 0.25) is 0 Å². The summed E-state index contributed by atoms with van der Waals surface area (Å²) in [6.07, 6.45) is 0. The number of amides is 1. The summed E-state index contributed by atoms with van der Waals surface area (Å²) in [4.78, 5) is 11.5. The molecule has 0 radical (unpaired) electrons. The number of hydrogen-bond donors (Lipinski definition) is 2. The van der Waals surface area contributed by atoms with E-state index in [2.05, 4.69) is 10.6 Å². The van der Waals surface area contributed by atoms with E-state index in [1.54, 1.807) is 13.8 Å². The molecule has 1 amide bonds. The molecule has 0 spiro atoms. The average molecular weight is 294 g/mol. The van der Waals surface area contributed by atoms with Crippen molar-refractivity contribution < 1.29 is 14.8 Å². The zero-order valence-corrected chi connectivity index (χ0v) is 12.4. The second-order valence-electron chi connectivity index (χ2n) is 5.07. The molecule has 2 aliphatic rings. The van der Waals surface area contributed by atoms with Crippen LogP contribution in [0.1, 0.15) is 13.8 Å². The molecule has 0 aromatic rings. The molecule has 108 valence electrons. The summed E-state index contributed by atoms with van der Waals surface area (Å²) in [6, 6.07) is 1.89. The maximum Gasteiger partial charge on any atom is 0.243 e. The van der Waals surface area contributed by atoms with Crippen molar-refractivity contribution in [1.29, 1.82) is 5.26 Å². The fourth-order valence-electron chi connectivity index (χ4n) is 2.01. The number of nitriles is 1. The summed E-state index contributed by atoms with van der Waals surface area (Å²) in [5.41, 5.74) is -0.512. The van der Waals surface area contributed by atoms with E-state index in [1.807, 2.05) is 11.9 Å². The maximum absolute atomic E-state index is 11.4. The van der Waals surface area contributed by atoms with E-state index in [-0.39, 0.29) is 4.99 Å². The van der Waals surface area contributed by atoms with Gasteiger partial charge in [0.05, 0.1) is 32.4 Å². The molecule has 3 N–H and O–H groups in total. The van der Waals surface area contributed by atoms with E-state index in [0.29, 0.717) is 5.57 Å². The number of piperidine rings is 1. The van der Waals surface area contributed by atoms with Gasteiger partial charge in [-0.2, -0.15) is 5.26 Å². The molecule has 2 rings (SSSR count). The molecule has 20 heavy (non-hydrogen) atoms. The largest absolute Gasteiger partial charge is 0.763 e. The highest BCUT2D eigenvalue weighted by Crippen LogP contribution is 2.36. The van der Waals surface area contributed by atoms with Gasteiger partial charge in [0.25, 0.3) is 0 Å². The molecule has 0 bridgehead atoms. The summed E-state index contributed by atoms with van der Waals surface area (Å²) < 4.78 is 5.04. The quantitative estimate of drug-likeness (QED) is 0.352. The van der Waals surface area contributed by atoms with Crippen molar-refractivity contribution in [2.75, 3.05) is 26.3 Å². The van der Waals surface area contributed by atoms with Gasteiger partial charge in [-0.25, -0.2) is 0 Å². The smallest absolute Gasteiger partial charge is 0.243 e. The Morgan fingerprint density at radius 3 is 2.45 bits per heavy atom. The third kappa shape index (κ3) is 3.71. The summed E-state index contributed by atoms with van der Waals surface area (Å²) in [5, 5.41) is 22.3. The number of hydrogen-bond acceptors (Lipinski definition) is 4. The SMILES string of the molecule is C1COCC[NH2+]1.CC1(C)C(=C=[N-])C(=S)NC(=O)C1C#N. The summed E-state index contributed by atoms with van der Waals surface area (Å²) in [5.74, 6) is 0.652. The zero-order valence-electron chi connectivity index (χ0n) is 11.6. The number of nitrogens with two attached hydrogens (primary N) is 1. The second kappa shape index (κ2) is 7.27. The minimum absolute atomic E-state index is 0.133. The van der Waals surface area contributed by atoms with E-state index in [1.165, 1.54) is 0 Å². The molecule has 1 atom stereocenters. The molecule has 2 aliphatic heterocycles. The first-order valence-corrected chi connectivity index (χ1v) is 6.77. The minimum atomic E-state index is -0.858. The minimum Gasteiger partial charge on any atom is -0.763 e. The molecule has 2 fully saturated rings. The Kier molecular flexibility index (Phi) is 5.99. The maximum atomic E-state index is 11.4. The fraction of sp³-hybridized carbons (Fsp3) is 0.615. The van der Waals surface area contributed by atoms with Gasteiger partial charge in [0.2, 0.25) is 5.91 Å². The van der Waals surface area contributed by atoms with Crippen molar-refractivity contribution in [3.8, 4) is 6.07 Å². The van der Waals surface area contributed by atoms with Gasteiger partial charge in [-0.1, -0.05) is 26.1 Å². The van der Waals surface area contributed by atoms with Gasteiger partial charge < -0.3 is 20.8 Å². The average Bonchev–Trinajstić information content (AvgIpc) is 2.41. The third-order valence-corrected chi connectivity index (χ3v) is 3.57. The summed E-state index contributed by atoms with van der Waals surface area (Å²) >= 11 is 4.85. The lowest BCUT2D eigenvalue weighted by Gasteiger charge is -2.36. The van der Waals surface area contributed by atoms with Crippen LogP contribution in [0, 0.1) is 22.7 Å². The van der Waals surface area contributed by atoms with Crippen molar-refractivity contribution in [3.63, 3.8) is 0 Å². The van der Waals surface area contributed by atoms with Crippen LogP contribution in [-0.4, -0.2) is 43.1 Å². The van der Waals surface area contributed by atoms with Crippen LogP contribution in [0.4, 0.5) is 0 Å². The highest BCUT2D eigenvalue weighted by Gasteiger charge is 2.44. The Morgan fingerprint density at radius 2 is 2.10 bits per heavy atom. The van der Waals surface area contributed by atoms with E-state index in [0.717, 1.165) is 26.3 Å². The van der Waals surface area contributed by atoms with Gasteiger partial charge >= 0.3 is 0 Å². The third-order valence-electron chi connectivity index (χ3n) is 3.27. The highest BCUT2D eigenvalue weighted by molar-refractivity contribution is 7.80. The lowest BCUT2D eigenvalue weighted by Crippen LogP contribution is -2.87. The molecule has 0 saturated carbocycles. The van der Waals surface area contributed by atoms with Gasteiger partial charge in [0.1, 0.15) is 10.9 Å². The molecular formula is C13H18N4O2S. The predicted octanol–water partition coefficient (Wildman–Crippen LogP) is -0.645. The first-order valence-electron chi connectivity index (χ1n) is 6.37. The van der Waals surface area contributed by atoms with Gasteiger partial charge in [0, 0.05) is 11.0 Å². The van der Waals surface area contributed by atoms with Gasteiger partial charge in [0.15, 0.2) is 0 Å². The summed E-state index contributed by atoms with van der Waals surface area (Å²) in [6.45, 7) is 7.54. The lowest BCUT2D eigenvalue weighted by atomic mass is 9.71. The van der Waals surface area contributed by atoms with E-state index in [4.69, 9.17) is 27.6 Å². The topological polar surface area (TPSA) is 101 Å². The number of morpholine rings is 1. The van der Waals surface area contributed by atoms with Crippen LogP contribution in [-0.2, 0) is 9.53 Å². The molecule has 2 saturated heterocycles. The predicted molar refractivity (Wildman–Crippen MR) is 78.0 cm³/mol. The van der Waals surface area contributed by atoms with Crippen LogP contribution < -0.4 is 10.6 Å². The first kappa shape index (κ1) is 16.5. The standard InChI is InChI=1S/C9H8N3OS.C4H9NO/c1-9(2)5(3-10)7(13)12-8(14)6(9)4-11;1-3-6-4-2-5-1/h5H,1-2H3,(H,12,13,14);5H,1-4H2/q-1;/p+1. The van der Waals surface area contributed by atoms with Crippen LogP contribution in [0.15, 0.2) is 5.57 Å². The molecule has 7 heteroatoms. The fourth-order valence-corrected chi connectivity index (χ4v) is 2.42. The Morgan fingerprint density at radius 1 is 1.50 bits per heavy atom. The number of carbonyl (C=O) groups excluding carboxylic acids is 1. The number of quaternary nitrogens is 1. The van der Waals surface area contributed by atoms with Crippen molar-refractivity contribution in [2.24, 2.45) is 11.3 Å². The highest BCUT2D eigenvalue weighted by atomic mass is 32.1. The number of rotatable bonds is 0. The number of nitrogens with zero attached hydrogens (tertiary/aromatic N) is 2. The van der Waals surface area contributed by atoms with Crippen molar-refractivity contribution in [1.82, 2.24) is 5.32 Å². The number of nitrogens with one attached hydrogen (secondary N) is 1. The van der Waals surface area contributed by atoms with Gasteiger partial charge in [-0.05, 0) is 0 Å². The Labute approximate surface area is 123 Å². The Bertz CT molecular complexity index is 474. The van der Waals surface area contributed by atoms with E-state index < -0.39 is 17.2 Å². The molecule has 0 aromatic heterocycles. The second-order valence-corrected chi connectivity index (χ2v) is 5.48. The van der Waals surface area contributed by atoms with Crippen molar-refractivity contribution in [3.05, 3.63) is 11.0 Å². The molecule has 6 nitrogen and oxygen atoms in total. The van der Waals surface area contributed by atoms with Crippen LogP contribution in [0.5, 0.6) is 0 Å². The first-order chi connectivity index (χ1) is 9.45. The molecule has 1 unspecified atom stereocenters. The van der Waals surface area contributed by atoms with Gasteiger partial charge in [-0.3, -0.25) is 10.7 Å². The number of thiocarbonyl (C=S) groups is 1. The molecule has 0 aliphatic carbocycles. The summed E-state index contributed by atoms with van der Waals surface area (Å²) in [7, 11) is 0. The monoisotopic (exact) mass is 294 g/mol. The van der Waals surface area contributed by atoms with Crippen LogP contribution in [0.25, 0.3) is 5.41 Å². The van der Waals surface area contributed by atoms with E-state index >= 15 is 0 Å². The number of ether oxygens (including phenoxy) is 1. The molecule has 2 heterocycles. The zero-order chi connectivity index (χ0) is 15.2. The van der Waals surface area contributed by atoms with Crippen molar-refractivity contribution in [2.45, 2.75) is 13.8 Å². The molecule has 0 aromatic carbocycles. The van der Waals surface area contributed by atoms with Crippen LogP contribution in [0.3, 0.4) is 0 Å².